The number of fused-ring (bicyclic) bond motifs is 1. The molecular formula is C13H12ClN3S. The van der Waals surface area contributed by atoms with Crippen molar-refractivity contribution in [2.75, 3.05) is 11.9 Å². The van der Waals surface area contributed by atoms with Crippen molar-refractivity contribution < 1.29 is 0 Å². The van der Waals surface area contributed by atoms with E-state index in [1.165, 1.54) is 4.88 Å². The lowest BCUT2D eigenvalue weighted by atomic mass is 10.3. The molecule has 0 aliphatic rings. The normalized spacial score (nSPS) is 10.9. The highest BCUT2D eigenvalue weighted by Gasteiger charge is 2.03. The van der Waals surface area contributed by atoms with Gasteiger partial charge in [0.25, 0.3) is 0 Å². The number of thiophene rings is 1. The SMILES string of the molecule is Clc1c[nH]c2ncc(NCCc3cccs3)cc12. The largest absolute Gasteiger partial charge is 0.383 e. The molecule has 0 radical (unpaired) electrons. The van der Waals surface area contributed by atoms with Crippen molar-refractivity contribution in [3.8, 4) is 0 Å². The Kier molecular flexibility index (Phi) is 3.21. The summed E-state index contributed by atoms with van der Waals surface area (Å²) in [5.74, 6) is 0. The van der Waals surface area contributed by atoms with Gasteiger partial charge in [-0.3, -0.25) is 0 Å². The number of nitrogens with one attached hydrogen (secondary N) is 2. The molecule has 92 valence electrons. The average Bonchev–Trinajstić information content (AvgIpc) is 3.01. The molecule has 0 spiro atoms. The third-order valence-electron chi connectivity index (χ3n) is 2.76. The fourth-order valence-corrected chi connectivity index (χ4v) is 2.76. The Morgan fingerprint density at radius 3 is 3.22 bits per heavy atom. The topological polar surface area (TPSA) is 40.7 Å². The Bertz CT molecular complexity index is 645. The van der Waals surface area contributed by atoms with Gasteiger partial charge in [-0.2, -0.15) is 0 Å². The van der Waals surface area contributed by atoms with Crippen LogP contribution in [-0.4, -0.2) is 16.5 Å². The van der Waals surface area contributed by atoms with Crippen LogP contribution < -0.4 is 5.32 Å². The number of aromatic amines is 1. The summed E-state index contributed by atoms with van der Waals surface area (Å²) in [5, 5.41) is 7.13. The Balaban J connectivity index is 1.69. The fraction of sp³-hybridized carbons (Fsp3) is 0.154. The summed E-state index contributed by atoms with van der Waals surface area (Å²) in [6, 6.07) is 6.25. The molecule has 0 aliphatic heterocycles. The minimum Gasteiger partial charge on any atom is -0.383 e. The summed E-state index contributed by atoms with van der Waals surface area (Å²) < 4.78 is 0. The van der Waals surface area contributed by atoms with Crippen molar-refractivity contribution in [2.24, 2.45) is 0 Å². The highest BCUT2D eigenvalue weighted by molar-refractivity contribution is 7.09. The van der Waals surface area contributed by atoms with E-state index in [9.17, 15) is 0 Å². The third kappa shape index (κ3) is 2.35. The standard InChI is InChI=1S/C13H12ClN3S/c14-12-8-17-13-11(12)6-9(7-16-13)15-4-3-10-2-1-5-18-10/h1-2,5-8,15H,3-4H2,(H,16,17). The molecule has 5 heteroatoms. The zero-order valence-corrected chi connectivity index (χ0v) is 11.2. The van der Waals surface area contributed by atoms with E-state index in [2.05, 4.69) is 32.8 Å². The number of pyridine rings is 1. The molecule has 18 heavy (non-hydrogen) atoms. The number of hydrogen-bond donors (Lipinski definition) is 2. The zero-order chi connectivity index (χ0) is 12.4. The summed E-state index contributed by atoms with van der Waals surface area (Å²) in [5.41, 5.74) is 1.82. The Hall–Kier alpha value is -1.52. The van der Waals surface area contributed by atoms with Crippen molar-refractivity contribution in [1.82, 2.24) is 9.97 Å². The molecule has 0 fully saturated rings. The van der Waals surface area contributed by atoms with E-state index in [1.807, 2.05) is 12.3 Å². The monoisotopic (exact) mass is 277 g/mol. The molecule has 0 amide bonds. The van der Waals surface area contributed by atoms with Gasteiger partial charge < -0.3 is 10.3 Å². The predicted molar refractivity (Wildman–Crippen MR) is 77.6 cm³/mol. The molecule has 3 rings (SSSR count). The third-order valence-corrected chi connectivity index (χ3v) is 4.01. The quantitative estimate of drug-likeness (QED) is 0.758. The lowest BCUT2D eigenvalue weighted by molar-refractivity contribution is 1.04. The van der Waals surface area contributed by atoms with Crippen molar-refractivity contribution in [3.05, 3.63) is 45.9 Å². The van der Waals surface area contributed by atoms with Crippen LogP contribution in [-0.2, 0) is 6.42 Å². The van der Waals surface area contributed by atoms with Crippen LogP contribution in [0.5, 0.6) is 0 Å². The van der Waals surface area contributed by atoms with Crippen molar-refractivity contribution in [2.45, 2.75) is 6.42 Å². The molecule has 0 bridgehead atoms. The highest BCUT2D eigenvalue weighted by atomic mass is 35.5. The Morgan fingerprint density at radius 2 is 2.39 bits per heavy atom. The van der Waals surface area contributed by atoms with Crippen molar-refractivity contribution >= 4 is 39.7 Å². The van der Waals surface area contributed by atoms with Gasteiger partial charge in [0.2, 0.25) is 0 Å². The molecule has 2 N–H and O–H groups in total. The second-order valence-electron chi connectivity index (χ2n) is 4.01. The molecule has 0 atom stereocenters. The van der Waals surface area contributed by atoms with Gasteiger partial charge in [-0.15, -0.1) is 11.3 Å². The van der Waals surface area contributed by atoms with Gasteiger partial charge in [-0.1, -0.05) is 17.7 Å². The first-order valence-corrected chi connectivity index (χ1v) is 6.97. The molecule has 3 aromatic rings. The Labute approximate surface area is 114 Å². The first kappa shape index (κ1) is 11.6. The maximum atomic E-state index is 6.06. The lowest BCUT2D eigenvalue weighted by Crippen LogP contribution is -2.04. The molecule has 0 aliphatic carbocycles. The van der Waals surface area contributed by atoms with Crippen LogP contribution in [0.25, 0.3) is 11.0 Å². The van der Waals surface area contributed by atoms with E-state index in [1.54, 1.807) is 17.5 Å². The lowest BCUT2D eigenvalue weighted by Gasteiger charge is -2.05. The number of halogens is 1. The van der Waals surface area contributed by atoms with E-state index >= 15 is 0 Å². The maximum absolute atomic E-state index is 6.06. The van der Waals surface area contributed by atoms with Gasteiger partial charge >= 0.3 is 0 Å². The maximum Gasteiger partial charge on any atom is 0.138 e. The van der Waals surface area contributed by atoms with Crippen LogP contribution in [0.1, 0.15) is 4.88 Å². The first-order valence-electron chi connectivity index (χ1n) is 5.72. The van der Waals surface area contributed by atoms with Crippen LogP contribution in [0.2, 0.25) is 5.02 Å². The van der Waals surface area contributed by atoms with E-state index in [4.69, 9.17) is 11.6 Å². The number of nitrogens with zero attached hydrogens (tertiary/aromatic N) is 1. The Morgan fingerprint density at radius 1 is 1.44 bits per heavy atom. The van der Waals surface area contributed by atoms with Crippen LogP contribution in [0.4, 0.5) is 5.69 Å². The zero-order valence-electron chi connectivity index (χ0n) is 9.61. The minimum absolute atomic E-state index is 0.708. The smallest absolute Gasteiger partial charge is 0.138 e. The number of hydrogen-bond acceptors (Lipinski definition) is 3. The van der Waals surface area contributed by atoms with Gasteiger partial charge in [0.05, 0.1) is 16.9 Å². The molecule has 0 unspecified atom stereocenters. The van der Waals surface area contributed by atoms with Crippen LogP contribution in [0, 0.1) is 0 Å². The van der Waals surface area contributed by atoms with Crippen LogP contribution >= 0.6 is 22.9 Å². The predicted octanol–water partition coefficient (Wildman–Crippen LogP) is 3.93. The molecule has 3 aromatic heterocycles. The molecule has 0 aromatic carbocycles. The summed E-state index contributed by atoms with van der Waals surface area (Å²) in [6.45, 7) is 0.899. The van der Waals surface area contributed by atoms with Gasteiger partial charge in [0.1, 0.15) is 5.65 Å². The van der Waals surface area contributed by atoms with Gasteiger partial charge in [0.15, 0.2) is 0 Å². The summed E-state index contributed by atoms with van der Waals surface area (Å²) in [6.07, 6.45) is 4.61. The first-order chi connectivity index (χ1) is 8.83. The van der Waals surface area contributed by atoms with Crippen LogP contribution in [0.3, 0.4) is 0 Å². The minimum atomic E-state index is 0.708. The van der Waals surface area contributed by atoms with Crippen molar-refractivity contribution in [3.63, 3.8) is 0 Å². The van der Waals surface area contributed by atoms with E-state index in [0.29, 0.717) is 5.02 Å². The number of aromatic nitrogens is 2. The van der Waals surface area contributed by atoms with E-state index in [-0.39, 0.29) is 0 Å². The van der Waals surface area contributed by atoms with E-state index in [0.717, 1.165) is 29.7 Å². The second-order valence-corrected chi connectivity index (χ2v) is 5.45. The van der Waals surface area contributed by atoms with Crippen molar-refractivity contribution in [1.29, 1.82) is 0 Å². The fourth-order valence-electron chi connectivity index (χ4n) is 1.85. The molecule has 0 saturated heterocycles. The number of anilines is 1. The summed E-state index contributed by atoms with van der Waals surface area (Å²) >= 11 is 7.85. The summed E-state index contributed by atoms with van der Waals surface area (Å²) in [4.78, 5) is 8.73. The van der Waals surface area contributed by atoms with Gasteiger partial charge in [-0.25, -0.2) is 4.98 Å². The van der Waals surface area contributed by atoms with Gasteiger partial charge in [-0.05, 0) is 23.9 Å². The molecule has 3 nitrogen and oxygen atoms in total. The molecule has 0 saturated carbocycles. The number of H-pyrrole nitrogens is 1. The number of rotatable bonds is 4. The molecule has 3 heterocycles. The molecular weight excluding hydrogens is 266 g/mol. The van der Waals surface area contributed by atoms with E-state index < -0.39 is 0 Å². The van der Waals surface area contributed by atoms with Gasteiger partial charge in [0, 0.05) is 23.0 Å². The van der Waals surface area contributed by atoms with Crippen LogP contribution in [0.15, 0.2) is 36.0 Å². The average molecular weight is 278 g/mol. The summed E-state index contributed by atoms with van der Waals surface area (Å²) in [7, 11) is 0. The second kappa shape index (κ2) is 5.00. The highest BCUT2D eigenvalue weighted by Crippen LogP contribution is 2.23.